The highest BCUT2D eigenvalue weighted by atomic mass is 16.5. The predicted molar refractivity (Wildman–Crippen MR) is 143 cm³/mol. The third kappa shape index (κ3) is 3.71. The van der Waals surface area contributed by atoms with Crippen LogP contribution in [0, 0.1) is 17.2 Å². The number of aliphatic carboxylic acids is 1. The van der Waals surface area contributed by atoms with E-state index in [2.05, 4.69) is 6.07 Å². The van der Waals surface area contributed by atoms with Gasteiger partial charge in [0.05, 0.1) is 38.4 Å². The van der Waals surface area contributed by atoms with E-state index in [4.69, 9.17) is 24.2 Å². The smallest absolute Gasteiger partial charge is 0.310 e. The molecule has 3 N–H and O–H groups in total. The summed E-state index contributed by atoms with van der Waals surface area (Å²) in [6.45, 7) is 1.60. The average Bonchev–Trinajstić information content (AvgIpc) is 3.31. The molecule has 1 aliphatic heterocycles. The number of nitriles is 1. The van der Waals surface area contributed by atoms with E-state index in [1.165, 1.54) is 21.1 Å². The van der Waals surface area contributed by atoms with Gasteiger partial charge in [0.2, 0.25) is 0 Å². The number of benzene rings is 3. The number of ether oxygens (including phenoxy) is 4. The molecule has 208 valence electrons. The largest absolute Gasteiger partial charge is 0.497 e. The van der Waals surface area contributed by atoms with Crippen LogP contribution in [0.2, 0.25) is 0 Å². The fraction of sp³-hybridized carbons (Fsp3) is 0.355. The standard InChI is InChI=1S/C31H31NO8/c1-29(35)27(28(33)34)25(19-9-5-4-6-10-19)30(20-11-13-21(37-2)14-12-20)31(29,36)26-23(38-3)17-22(18-24(26)40-30)39-16-8-7-15-32/h4-6,9-14,17-18,25,27,35-36H,7-8,16H2,1-3H3,(H,33,34)/t25-,27+,29-,30+,31+/m1/s1. The van der Waals surface area contributed by atoms with Crippen molar-refractivity contribution in [2.45, 2.75) is 42.5 Å². The molecule has 1 fully saturated rings. The maximum atomic E-state index is 12.9. The molecule has 40 heavy (non-hydrogen) atoms. The Labute approximate surface area is 232 Å². The van der Waals surface area contributed by atoms with Gasteiger partial charge < -0.3 is 34.3 Å². The van der Waals surface area contributed by atoms with Gasteiger partial charge in [0.15, 0.2) is 11.2 Å². The maximum Gasteiger partial charge on any atom is 0.310 e. The molecule has 3 aromatic rings. The minimum atomic E-state index is -2.28. The lowest BCUT2D eigenvalue weighted by molar-refractivity contribution is -0.200. The number of unbranched alkanes of at least 4 members (excludes halogenated alkanes) is 1. The van der Waals surface area contributed by atoms with Crippen LogP contribution in [0.15, 0.2) is 66.7 Å². The average molecular weight is 546 g/mol. The van der Waals surface area contributed by atoms with Crippen molar-refractivity contribution in [3.63, 3.8) is 0 Å². The van der Waals surface area contributed by atoms with Gasteiger partial charge in [0, 0.05) is 24.5 Å². The molecule has 1 saturated carbocycles. The highest BCUT2D eigenvalue weighted by Gasteiger charge is 2.82. The second-order valence-corrected chi connectivity index (χ2v) is 10.2. The molecule has 2 aliphatic rings. The fourth-order valence-corrected chi connectivity index (χ4v) is 6.48. The molecular formula is C31H31NO8. The lowest BCUT2D eigenvalue weighted by Crippen LogP contribution is -2.57. The molecule has 0 unspecified atom stereocenters. The normalized spacial score (nSPS) is 28.1. The minimum absolute atomic E-state index is 0.130. The lowest BCUT2D eigenvalue weighted by atomic mass is 9.69. The number of carboxylic acids is 1. The summed E-state index contributed by atoms with van der Waals surface area (Å²) < 4.78 is 23.6. The molecule has 3 aromatic carbocycles. The zero-order chi connectivity index (χ0) is 28.7. The molecule has 0 spiro atoms. The van der Waals surface area contributed by atoms with Crippen molar-refractivity contribution in [1.29, 1.82) is 5.26 Å². The molecule has 5 rings (SSSR count). The number of methoxy groups -OCH3 is 2. The van der Waals surface area contributed by atoms with Crippen molar-refractivity contribution in [1.82, 2.24) is 0 Å². The van der Waals surface area contributed by atoms with E-state index in [-0.39, 0.29) is 23.7 Å². The molecule has 0 bridgehead atoms. The number of aliphatic hydroxyl groups is 2. The van der Waals surface area contributed by atoms with Crippen molar-refractivity contribution in [2.75, 3.05) is 20.8 Å². The first kappa shape index (κ1) is 27.3. The van der Waals surface area contributed by atoms with Crippen LogP contribution in [0.4, 0.5) is 0 Å². The van der Waals surface area contributed by atoms with Crippen LogP contribution >= 0.6 is 0 Å². The molecule has 9 nitrogen and oxygen atoms in total. The van der Waals surface area contributed by atoms with Crippen molar-refractivity contribution in [2.24, 2.45) is 5.92 Å². The summed E-state index contributed by atoms with van der Waals surface area (Å²) in [5.41, 5.74) is -5.15. The Morgan fingerprint density at radius 3 is 2.33 bits per heavy atom. The molecule has 0 aromatic heterocycles. The molecule has 0 radical (unpaired) electrons. The Hall–Kier alpha value is -4.26. The van der Waals surface area contributed by atoms with Crippen molar-refractivity contribution < 1.29 is 39.1 Å². The van der Waals surface area contributed by atoms with Crippen molar-refractivity contribution in [3.8, 4) is 29.1 Å². The Balaban J connectivity index is 1.81. The third-order valence-electron chi connectivity index (χ3n) is 8.18. The van der Waals surface area contributed by atoms with Crippen LogP contribution in [-0.2, 0) is 16.0 Å². The molecule has 1 heterocycles. The van der Waals surface area contributed by atoms with Gasteiger partial charge in [-0.15, -0.1) is 0 Å². The Morgan fingerprint density at radius 2 is 1.73 bits per heavy atom. The third-order valence-corrected chi connectivity index (χ3v) is 8.18. The van der Waals surface area contributed by atoms with Crippen LogP contribution < -0.4 is 18.9 Å². The van der Waals surface area contributed by atoms with Crippen LogP contribution in [0.25, 0.3) is 0 Å². The first-order valence-corrected chi connectivity index (χ1v) is 13.0. The molecule has 0 saturated heterocycles. The zero-order valence-corrected chi connectivity index (χ0v) is 22.5. The zero-order valence-electron chi connectivity index (χ0n) is 22.5. The van der Waals surface area contributed by atoms with Gasteiger partial charge in [-0.2, -0.15) is 5.26 Å². The van der Waals surface area contributed by atoms with Crippen LogP contribution in [-0.4, -0.2) is 47.7 Å². The van der Waals surface area contributed by atoms with Gasteiger partial charge in [-0.1, -0.05) is 42.5 Å². The number of hydrogen-bond donors (Lipinski definition) is 3. The monoisotopic (exact) mass is 545 g/mol. The predicted octanol–water partition coefficient (Wildman–Crippen LogP) is 4.11. The highest BCUT2D eigenvalue weighted by Crippen LogP contribution is 2.73. The highest BCUT2D eigenvalue weighted by molar-refractivity contribution is 5.78. The number of rotatable bonds is 9. The number of fused-ring (bicyclic) bond motifs is 3. The summed E-state index contributed by atoms with van der Waals surface area (Å²) in [6.07, 6.45) is 0.846. The van der Waals surface area contributed by atoms with Gasteiger partial charge in [-0.3, -0.25) is 4.79 Å². The maximum absolute atomic E-state index is 12.9. The van der Waals surface area contributed by atoms with Gasteiger partial charge in [0.1, 0.15) is 28.6 Å². The van der Waals surface area contributed by atoms with E-state index in [0.29, 0.717) is 35.5 Å². The summed E-state index contributed by atoms with van der Waals surface area (Å²) in [5.74, 6) is -2.48. The Morgan fingerprint density at radius 1 is 1.02 bits per heavy atom. The first-order valence-electron chi connectivity index (χ1n) is 13.0. The van der Waals surface area contributed by atoms with Crippen LogP contribution in [0.3, 0.4) is 0 Å². The number of nitrogens with zero attached hydrogens (tertiary/aromatic N) is 1. The van der Waals surface area contributed by atoms with Crippen molar-refractivity contribution >= 4 is 5.97 Å². The van der Waals surface area contributed by atoms with E-state index in [9.17, 15) is 20.1 Å². The van der Waals surface area contributed by atoms with Gasteiger partial charge in [-0.25, -0.2) is 0 Å². The van der Waals surface area contributed by atoms with Crippen LogP contribution in [0.1, 0.15) is 42.4 Å². The van der Waals surface area contributed by atoms with Gasteiger partial charge in [0.25, 0.3) is 0 Å². The minimum Gasteiger partial charge on any atom is -0.497 e. The van der Waals surface area contributed by atoms with Crippen LogP contribution in [0.5, 0.6) is 23.0 Å². The molecule has 0 amide bonds. The molecule has 5 atom stereocenters. The van der Waals surface area contributed by atoms with Crippen molar-refractivity contribution in [3.05, 3.63) is 83.4 Å². The van der Waals surface area contributed by atoms with E-state index >= 15 is 0 Å². The van der Waals surface area contributed by atoms with Gasteiger partial charge in [-0.05, 0) is 36.6 Å². The summed E-state index contributed by atoms with van der Waals surface area (Å²) in [7, 11) is 2.95. The SMILES string of the molecule is COc1ccc([C@@]23Oc4cc(OCCCC#N)cc(OC)c4[C@]2(O)[C@](C)(O)[C@H](C(=O)O)[C@H]3c2ccccc2)cc1. The summed E-state index contributed by atoms with van der Waals surface area (Å²) in [4.78, 5) is 12.9. The van der Waals surface area contributed by atoms with E-state index < -0.39 is 34.6 Å². The fourth-order valence-electron chi connectivity index (χ4n) is 6.48. The Kier molecular flexibility index (Phi) is 6.86. The quantitative estimate of drug-likeness (QED) is 0.339. The van der Waals surface area contributed by atoms with E-state index in [1.807, 2.05) is 6.07 Å². The topological polar surface area (TPSA) is 138 Å². The summed E-state index contributed by atoms with van der Waals surface area (Å²) >= 11 is 0. The van der Waals surface area contributed by atoms with Gasteiger partial charge >= 0.3 is 5.97 Å². The summed E-state index contributed by atoms with van der Waals surface area (Å²) in [5, 5.41) is 44.5. The lowest BCUT2D eigenvalue weighted by Gasteiger charge is -2.43. The molecular weight excluding hydrogens is 514 g/mol. The van der Waals surface area contributed by atoms with E-state index in [0.717, 1.165) is 0 Å². The number of carbonyl (C=O) groups is 1. The summed E-state index contributed by atoms with van der Waals surface area (Å²) in [6, 6.07) is 20.9. The number of hydrogen-bond acceptors (Lipinski definition) is 8. The second kappa shape index (κ2) is 10.0. The first-order chi connectivity index (χ1) is 19.2. The van der Waals surface area contributed by atoms with E-state index in [1.54, 1.807) is 60.7 Å². The molecule has 9 heteroatoms. The second-order valence-electron chi connectivity index (χ2n) is 10.2. The Bertz CT molecular complexity index is 1450. The number of carboxylic acid groups (broad SMARTS) is 1. The molecule has 1 aliphatic carbocycles.